The van der Waals surface area contributed by atoms with Crippen LogP contribution in [0.3, 0.4) is 0 Å². The van der Waals surface area contributed by atoms with Crippen molar-refractivity contribution >= 4 is 23.2 Å². The summed E-state index contributed by atoms with van der Waals surface area (Å²) >= 11 is 0. The molecule has 244 valence electrons. The van der Waals surface area contributed by atoms with Crippen LogP contribution in [-0.4, -0.2) is 79.9 Å². The molecule has 0 bridgehead atoms. The van der Waals surface area contributed by atoms with Crippen LogP contribution in [0, 0.1) is 12.7 Å². The number of halogens is 1. The Morgan fingerprint density at radius 3 is 2.21 bits per heavy atom. The Morgan fingerprint density at radius 2 is 1.53 bits per heavy atom. The summed E-state index contributed by atoms with van der Waals surface area (Å²) in [7, 11) is 4.24. The summed E-state index contributed by atoms with van der Waals surface area (Å²) in [5.74, 6) is 0.618. The molecule has 2 heterocycles. The average molecular weight is 633 g/mol. The number of anilines is 1. The lowest BCUT2D eigenvalue weighted by Gasteiger charge is -2.45. The van der Waals surface area contributed by atoms with Crippen LogP contribution in [0.1, 0.15) is 35.6 Å². The first-order valence-corrected chi connectivity index (χ1v) is 16.6. The highest BCUT2D eigenvalue weighted by atomic mass is 19.1. The summed E-state index contributed by atoms with van der Waals surface area (Å²) in [4.78, 5) is 28.3. The number of nitrogens with zero attached hydrogens (tertiary/aromatic N) is 5. The molecule has 47 heavy (non-hydrogen) atoms. The largest absolute Gasteiger partial charge is 0.352 e. The van der Waals surface area contributed by atoms with Crippen LogP contribution in [0.5, 0.6) is 0 Å². The molecule has 0 aliphatic carbocycles. The minimum absolute atomic E-state index is 0.00901. The zero-order valence-corrected chi connectivity index (χ0v) is 27.7. The maximum Gasteiger partial charge on any atom is 0.222 e. The van der Waals surface area contributed by atoms with Crippen molar-refractivity contribution in [3.05, 3.63) is 120 Å². The van der Waals surface area contributed by atoms with E-state index in [-0.39, 0.29) is 24.2 Å². The minimum atomic E-state index is -0.250. The maximum atomic E-state index is 13.6. The molecule has 4 aromatic carbocycles. The molecule has 7 nitrogen and oxygen atoms in total. The first kappa shape index (κ1) is 32.4. The molecule has 2 aliphatic rings. The molecule has 1 amide bonds. The van der Waals surface area contributed by atoms with Gasteiger partial charge in [0.05, 0.1) is 18.2 Å². The minimum Gasteiger partial charge on any atom is -0.352 e. The smallest absolute Gasteiger partial charge is 0.222 e. The maximum absolute atomic E-state index is 13.6. The number of hydrogen-bond donors (Lipinski definition) is 1. The summed E-state index contributed by atoms with van der Waals surface area (Å²) in [6.07, 6.45) is 1.43. The topological polar surface area (TPSA) is 54.4 Å². The molecule has 0 aromatic heterocycles. The van der Waals surface area contributed by atoms with E-state index in [2.05, 4.69) is 107 Å². The highest BCUT2D eigenvalue weighted by Gasteiger charge is 2.36. The summed E-state index contributed by atoms with van der Waals surface area (Å²) < 4.78 is 13.6. The number of benzene rings is 4. The molecule has 4 aromatic rings. The van der Waals surface area contributed by atoms with Gasteiger partial charge in [0.25, 0.3) is 0 Å². The van der Waals surface area contributed by atoms with Crippen LogP contribution in [0.2, 0.25) is 0 Å². The normalized spacial score (nSPS) is 16.6. The summed E-state index contributed by atoms with van der Waals surface area (Å²) in [6, 6.07) is 31.1. The van der Waals surface area contributed by atoms with Gasteiger partial charge in [0.2, 0.25) is 11.9 Å². The van der Waals surface area contributed by atoms with Crippen LogP contribution >= 0.6 is 0 Å². The van der Waals surface area contributed by atoms with Crippen molar-refractivity contribution < 1.29 is 9.18 Å². The van der Waals surface area contributed by atoms with Crippen molar-refractivity contribution in [1.29, 1.82) is 0 Å². The molecule has 0 spiro atoms. The number of fused-ring (bicyclic) bond motifs is 1. The Kier molecular flexibility index (Phi) is 10.3. The van der Waals surface area contributed by atoms with Crippen molar-refractivity contribution in [3.8, 4) is 11.1 Å². The average Bonchev–Trinajstić information content (AvgIpc) is 3.08. The van der Waals surface area contributed by atoms with E-state index in [9.17, 15) is 9.18 Å². The van der Waals surface area contributed by atoms with Gasteiger partial charge in [0, 0.05) is 44.0 Å². The zero-order chi connectivity index (χ0) is 32.8. The Labute approximate surface area is 278 Å². The number of rotatable bonds is 10. The fraction of sp³-hybridized carbons (Fsp3) is 0.333. The van der Waals surface area contributed by atoms with Crippen LogP contribution in [0.25, 0.3) is 11.1 Å². The predicted octanol–water partition coefficient (Wildman–Crippen LogP) is 6.63. The Balaban J connectivity index is 1.29. The Bertz CT molecular complexity index is 1660. The lowest BCUT2D eigenvalue weighted by Crippen LogP contribution is -2.55. The van der Waals surface area contributed by atoms with Gasteiger partial charge in [-0.25, -0.2) is 9.38 Å². The van der Waals surface area contributed by atoms with Crippen LogP contribution < -0.4 is 10.2 Å². The van der Waals surface area contributed by atoms with Gasteiger partial charge in [-0.3, -0.25) is 9.69 Å². The van der Waals surface area contributed by atoms with Crippen LogP contribution in [0.4, 0.5) is 15.8 Å². The van der Waals surface area contributed by atoms with Crippen molar-refractivity contribution in [3.63, 3.8) is 0 Å². The summed E-state index contributed by atoms with van der Waals surface area (Å²) in [6.45, 7) is 8.36. The van der Waals surface area contributed by atoms with Gasteiger partial charge in [-0.2, -0.15) is 0 Å². The van der Waals surface area contributed by atoms with E-state index >= 15 is 0 Å². The molecule has 6 rings (SSSR count). The number of nitrogens with one attached hydrogen (secondary N) is 1. The standard InChI is InChI=1S/C39H45FN6O/c1-29-9-11-30(12-10-29)28-41-38(47)27-37-35-7-4-5-8-36(35)42-39(45-25-23-44(24-26-45)22-6-21-43(2)3)46(37)34-19-15-32(16-20-34)31-13-17-33(40)18-14-31/h4-5,7-20,37H,6,21-28H2,1-3H3,(H,41,47). The lowest BCUT2D eigenvalue weighted by molar-refractivity contribution is -0.121. The van der Waals surface area contributed by atoms with Crippen LogP contribution in [-0.2, 0) is 11.3 Å². The van der Waals surface area contributed by atoms with Gasteiger partial charge in [0.1, 0.15) is 5.82 Å². The van der Waals surface area contributed by atoms with Gasteiger partial charge in [-0.15, -0.1) is 0 Å². The molecule has 1 N–H and O–H groups in total. The first-order valence-electron chi connectivity index (χ1n) is 16.6. The van der Waals surface area contributed by atoms with Gasteiger partial charge < -0.3 is 20.0 Å². The number of carbonyl (C=O) groups is 1. The van der Waals surface area contributed by atoms with E-state index in [1.807, 2.05) is 12.1 Å². The van der Waals surface area contributed by atoms with E-state index in [4.69, 9.17) is 4.99 Å². The zero-order valence-electron chi connectivity index (χ0n) is 27.7. The number of guanidine groups is 1. The molecule has 1 fully saturated rings. The molecule has 1 atom stereocenters. The number of amides is 1. The second kappa shape index (κ2) is 14.9. The van der Waals surface area contributed by atoms with Gasteiger partial charge in [-0.1, -0.05) is 72.3 Å². The van der Waals surface area contributed by atoms with Crippen molar-refractivity contribution in [2.45, 2.75) is 32.4 Å². The Morgan fingerprint density at radius 1 is 0.872 bits per heavy atom. The Hall–Kier alpha value is -4.53. The lowest BCUT2D eigenvalue weighted by atomic mass is 9.96. The van der Waals surface area contributed by atoms with Crippen molar-refractivity contribution in [1.82, 2.24) is 20.0 Å². The third-order valence-electron chi connectivity index (χ3n) is 9.09. The molecule has 1 unspecified atom stereocenters. The first-order chi connectivity index (χ1) is 22.8. The van der Waals surface area contributed by atoms with Crippen molar-refractivity contribution in [2.75, 3.05) is 58.3 Å². The number of hydrogen-bond acceptors (Lipinski definition) is 6. The molecule has 1 saturated heterocycles. The van der Waals surface area contributed by atoms with Crippen LogP contribution in [0.15, 0.2) is 102 Å². The van der Waals surface area contributed by atoms with E-state index in [0.717, 1.165) is 85.3 Å². The second-order valence-corrected chi connectivity index (χ2v) is 12.9. The molecular weight excluding hydrogens is 587 g/mol. The highest BCUT2D eigenvalue weighted by molar-refractivity contribution is 6.01. The predicted molar refractivity (Wildman–Crippen MR) is 189 cm³/mol. The summed E-state index contributed by atoms with van der Waals surface area (Å²) in [5.41, 5.74) is 7.14. The monoisotopic (exact) mass is 632 g/mol. The van der Waals surface area contributed by atoms with Gasteiger partial charge in [0.15, 0.2) is 0 Å². The SMILES string of the molecule is Cc1ccc(CNC(=O)CC2c3ccccc3N=C(N3CCN(CCCN(C)C)CC3)N2c2ccc(-c3ccc(F)cc3)cc2)cc1. The van der Waals surface area contributed by atoms with Gasteiger partial charge in [-0.05, 0) is 87.6 Å². The third-order valence-corrected chi connectivity index (χ3v) is 9.09. The van der Waals surface area contributed by atoms with E-state index < -0.39 is 0 Å². The number of piperazine rings is 1. The quantitative estimate of drug-likeness (QED) is 0.213. The third kappa shape index (κ3) is 8.07. The number of aliphatic imine (C=N–C) groups is 1. The molecule has 2 aliphatic heterocycles. The fourth-order valence-electron chi connectivity index (χ4n) is 6.42. The highest BCUT2D eigenvalue weighted by Crippen LogP contribution is 2.41. The van der Waals surface area contributed by atoms with E-state index in [1.54, 1.807) is 12.1 Å². The molecule has 0 saturated carbocycles. The fourth-order valence-corrected chi connectivity index (χ4v) is 6.42. The number of carbonyl (C=O) groups excluding carboxylic acids is 1. The number of para-hydroxylation sites is 1. The summed E-state index contributed by atoms with van der Waals surface area (Å²) in [5, 5.41) is 3.17. The number of aryl methyl sites for hydroxylation is 1. The second-order valence-electron chi connectivity index (χ2n) is 12.9. The van der Waals surface area contributed by atoms with Crippen molar-refractivity contribution in [2.24, 2.45) is 4.99 Å². The van der Waals surface area contributed by atoms with E-state index in [1.165, 1.54) is 17.7 Å². The molecule has 8 heteroatoms. The molecule has 0 radical (unpaired) electrons. The van der Waals surface area contributed by atoms with E-state index in [0.29, 0.717) is 6.54 Å². The van der Waals surface area contributed by atoms with Gasteiger partial charge >= 0.3 is 0 Å². The molecular formula is C39H45FN6O.